The van der Waals surface area contributed by atoms with E-state index < -0.39 is 8.07 Å². The fourth-order valence-electron chi connectivity index (χ4n) is 1.85. The quantitative estimate of drug-likeness (QED) is 0.682. The Morgan fingerprint density at radius 2 is 1.77 bits per heavy atom. The van der Waals surface area contributed by atoms with E-state index in [0.717, 1.165) is 22.9 Å². The molecule has 2 aromatic rings. The number of H-pyrrole nitrogens is 1. The monoisotopic (exact) mass is 305 g/mol. The summed E-state index contributed by atoms with van der Waals surface area (Å²) >= 11 is 0. The van der Waals surface area contributed by atoms with Gasteiger partial charge in [-0.1, -0.05) is 63.3 Å². The molecule has 22 heavy (non-hydrogen) atoms. The Morgan fingerprint density at radius 1 is 1.23 bits per heavy atom. The van der Waals surface area contributed by atoms with Gasteiger partial charge in [0.1, 0.15) is 14.1 Å². The Labute approximate surface area is 147 Å². The predicted molar refractivity (Wildman–Crippen MR) is 92.0 cm³/mol. The number of rotatable bonds is 3. The molecule has 0 radical (unpaired) electrons. The molecular formula is C17H24LiN3Si. The smallest absolute Gasteiger partial charge is 0.343 e. The number of benzene rings is 1. The van der Waals surface area contributed by atoms with Gasteiger partial charge in [-0.2, -0.15) is 16.8 Å². The molecule has 0 atom stereocenters. The van der Waals surface area contributed by atoms with E-state index >= 15 is 0 Å². The minimum Gasteiger partial charge on any atom is -0.343 e. The van der Waals surface area contributed by atoms with Gasteiger partial charge in [-0.15, -0.1) is 0 Å². The zero-order chi connectivity index (χ0) is 15.9. The molecule has 0 amide bonds. The van der Waals surface area contributed by atoms with Crippen molar-refractivity contribution < 1.29 is 18.9 Å². The van der Waals surface area contributed by atoms with Gasteiger partial charge in [0.25, 0.3) is 0 Å². The zero-order valence-corrected chi connectivity index (χ0v) is 15.4. The molecule has 0 unspecified atom stereocenters. The van der Waals surface area contributed by atoms with Crippen LogP contribution < -0.4 is 24.2 Å². The third-order valence-electron chi connectivity index (χ3n) is 3.04. The van der Waals surface area contributed by atoms with E-state index in [1.807, 2.05) is 30.3 Å². The second-order valence-electron chi connectivity index (χ2n) is 5.90. The summed E-state index contributed by atoms with van der Waals surface area (Å²) in [6, 6.07) is 12.2. The van der Waals surface area contributed by atoms with Crippen molar-refractivity contribution in [2.75, 3.05) is 0 Å². The summed E-state index contributed by atoms with van der Waals surface area (Å²) in [5, 5.41) is 17.5. The molecule has 0 aliphatic carbocycles. The van der Waals surface area contributed by atoms with E-state index in [1.165, 1.54) is 6.42 Å². The van der Waals surface area contributed by atoms with Crippen LogP contribution in [0.1, 0.15) is 25.5 Å². The molecule has 5 heteroatoms. The zero-order valence-electron chi connectivity index (χ0n) is 14.4. The molecule has 1 N–H and O–H groups in total. The molecule has 3 nitrogen and oxygen atoms in total. The van der Waals surface area contributed by atoms with Crippen molar-refractivity contribution in [3.8, 4) is 17.2 Å². The number of hydrogen-bond donors (Lipinski definition) is 1. The van der Waals surface area contributed by atoms with Gasteiger partial charge in [0, 0.05) is 10.9 Å². The number of aromatic nitrogens is 2. The van der Waals surface area contributed by atoms with Crippen molar-refractivity contribution in [2.45, 2.75) is 39.4 Å². The Hall–Kier alpha value is -1.27. The van der Waals surface area contributed by atoms with Gasteiger partial charge in [0.15, 0.2) is 5.69 Å². The van der Waals surface area contributed by atoms with Crippen molar-refractivity contribution in [3.63, 3.8) is 0 Å². The maximum atomic E-state index is 9.14. The summed E-state index contributed by atoms with van der Waals surface area (Å²) in [5.74, 6) is 0. The van der Waals surface area contributed by atoms with Crippen molar-refractivity contribution in [2.24, 2.45) is 0 Å². The summed E-state index contributed by atoms with van der Waals surface area (Å²) in [6.07, 6.45) is 2.28. The maximum absolute atomic E-state index is 9.14. The Balaban J connectivity index is 0.000000791. The van der Waals surface area contributed by atoms with E-state index in [2.05, 4.69) is 49.8 Å². The first-order valence-electron chi connectivity index (χ1n) is 7.29. The molecule has 0 fully saturated rings. The normalized spacial score (nSPS) is 10.0. The van der Waals surface area contributed by atoms with Crippen molar-refractivity contribution >= 4 is 13.4 Å². The number of aromatic amines is 1. The molecule has 0 saturated carbocycles. The summed E-state index contributed by atoms with van der Waals surface area (Å²) < 4.78 is 0. The van der Waals surface area contributed by atoms with Crippen LogP contribution in [0.25, 0.3) is 11.1 Å². The van der Waals surface area contributed by atoms with Gasteiger partial charge in [-0.25, -0.2) is 0 Å². The number of unbranched alkanes of at least 4 members (excludes halogenated alkanes) is 1. The maximum Gasteiger partial charge on any atom is 1.00 e. The molecule has 112 valence electrons. The molecule has 1 heterocycles. The molecule has 2 rings (SSSR count). The van der Waals surface area contributed by atoms with Crippen LogP contribution in [0.4, 0.5) is 0 Å². The molecule has 0 saturated heterocycles. The molecule has 0 aliphatic heterocycles. The average molecular weight is 305 g/mol. The summed E-state index contributed by atoms with van der Waals surface area (Å²) in [7, 11) is -1.53. The number of nitriles is 1. The van der Waals surface area contributed by atoms with Gasteiger partial charge >= 0.3 is 18.9 Å². The fraction of sp³-hybridized carbons (Fsp3) is 0.353. The summed E-state index contributed by atoms with van der Waals surface area (Å²) in [6.45, 7) is 12.5. The third-order valence-corrected chi connectivity index (χ3v) is 4.90. The van der Waals surface area contributed by atoms with Crippen LogP contribution in [0, 0.1) is 18.3 Å². The third kappa shape index (κ3) is 5.50. The first-order valence-corrected chi connectivity index (χ1v) is 10.8. The van der Waals surface area contributed by atoms with Crippen LogP contribution in [0.3, 0.4) is 0 Å². The van der Waals surface area contributed by atoms with E-state index in [9.17, 15) is 0 Å². The molecular weight excluding hydrogens is 281 g/mol. The van der Waals surface area contributed by atoms with Crippen LogP contribution in [0.2, 0.25) is 19.6 Å². The Bertz CT molecular complexity index is 593. The van der Waals surface area contributed by atoms with Crippen LogP contribution in [-0.4, -0.2) is 18.3 Å². The SMILES string of the molecule is C[Si](C)(C)c1[nH]nc(C#N)c1-c1ccccc1.[CH2-]CCC.[Li+]. The second-order valence-corrected chi connectivity index (χ2v) is 10.9. The van der Waals surface area contributed by atoms with Crippen molar-refractivity contribution in [1.82, 2.24) is 10.2 Å². The Kier molecular flexibility index (Phi) is 9.13. The fourth-order valence-corrected chi connectivity index (χ4v) is 3.26. The average Bonchev–Trinajstić information content (AvgIpc) is 2.92. The van der Waals surface area contributed by atoms with E-state index in [4.69, 9.17) is 5.26 Å². The van der Waals surface area contributed by atoms with Crippen LogP contribution in [0.15, 0.2) is 30.3 Å². The minimum atomic E-state index is -1.53. The van der Waals surface area contributed by atoms with Gasteiger partial charge in [-0.3, -0.25) is 5.10 Å². The van der Waals surface area contributed by atoms with E-state index in [-0.39, 0.29) is 18.9 Å². The predicted octanol–water partition coefficient (Wildman–Crippen LogP) is 1.12. The van der Waals surface area contributed by atoms with Crippen LogP contribution >= 0.6 is 0 Å². The number of nitrogens with one attached hydrogen (secondary N) is 1. The van der Waals surface area contributed by atoms with E-state index in [0.29, 0.717) is 5.69 Å². The molecule has 0 aliphatic rings. The molecule has 1 aromatic carbocycles. The largest absolute Gasteiger partial charge is 1.00 e. The summed E-state index contributed by atoms with van der Waals surface area (Å²) in [4.78, 5) is 0. The minimum absolute atomic E-state index is 0. The molecule has 0 spiro atoms. The molecule has 1 aromatic heterocycles. The van der Waals surface area contributed by atoms with Crippen molar-refractivity contribution in [3.05, 3.63) is 42.9 Å². The molecule has 0 bridgehead atoms. The van der Waals surface area contributed by atoms with Gasteiger partial charge in [-0.05, 0) is 5.56 Å². The van der Waals surface area contributed by atoms with Crippen LogP contribution in [-0.2, 0) is 0 Å². The van der Waals surface area contributed by atoms with Crippen LogP contribution in [0.5, 0.6) is 0 Å². The number of nitrogens with zero attached hydrogens (tertiary/aromatic N) is 2. The topological polar surface area (TPSA) is 52.5 Å². The van der Waals surface area contributed by atoms with Gasteiger partial charge in [0.2, 0.25) is 0 Å². The first-order chi connectivity index (χ1) is 9.95. The van der Waals surface area contributed by atoms with E-state index in [1.54, 1.807) is 0 Å². The summed E-state index contributed by atoms with van der Waals surface area (Å²) in [5.41, 5.74) is 2.54. The second kappa shape index (κ2) is 9.69. The Morgan fingerprint density at radius 3 is 2.18 bits per heavy atom. The van der Waals surface area contributed by atoms with Gasteiger partial charge < -0.3 is 6.92 Å². The number of hydrogen-bond acceptors (Lipinski definition) is 2. The standard InChI is InChI=1S/C13H15N3Si.C4H9.Li/c1-17(2,3)13-12(11(9-14)15-16-13)10-7-5-4-6-8-10;1-3-4-2;/h4-8H,1-3H3,(H,15,16);1,3-4H2,2H3;/q;-1;+1. The van der Waals surface area contributed by atoms with Gasteiger partial charge in [0.05, 0.1) is 0 Å². The van der Waals surface area contributed by atoms with Crippen molar-refractivity contribution in [1.29, 1.82) is 5.26 Å². The first kappa shape index (κ1) is 20.7.